The molecule has 2 heterocycles. The van der Waals surface area contributed by atoms with Gasteiger partial charge in [-0.2, -0.15) is 0 Å². The molecule has 9 rings (SSSR count). The van der Waals surface area contributed by atoms with Crippen molar-refractivity contribution in [2.75, 3.05) is 0 Å². The normalized spacial score (nSPS) is 11.3. The molecule has 49 heavy (non-hydrogen) atoms. The third kappa shape index (κ3) is 5.69. The highest BCUT2D eigenvalue weighted by atomic mass is 32.1. The molecule has 0 aliphatic heterocycles. The van der Waals surface area contributed by atoms with Gasteiger partial charge < -0.3 is 0 Å². The first-order chi connectivity index (χ1) is 24.2. The van der Waals surface area contributed by atoms with Gasteiger partial charge in [0.15, 0.2) is 17.5 Å². The molecule has 0 spiro atoms. The van der Waals surface area contributed by atoms with E-state index in [1.54, 1.807) is 0 Å². The molecule has 0 atom stereocenters. The number of nitrogens with zero attached hydrogens (tertiary/aromatic N) is 3. The first kappa shape index (κ1) is 29.0. The van der Waals surface area contributed by atoms with Crippen LogP contribution in [0.1, 0.15) is 0 Å². The Bertz CT molecular complexity index is 2590. The van der Waals surface area contributed by atoms with Gasteiger partial charge in [0.1, 0.15) is 0 Å². The molecule has 0 fully saturated rings. The maximum atomic E-state index is 5.03. The van der Waals surface area contributed by atoms with Crippen LogP contribution >= 0.6 is 11.3 Å². The van der Waals surface area contributed by atoms with Gasteiger partial charge in [0.25, 0.3) is 0 Å². The van der Waals surface area contributed by atoms with E-state index >= 15 is 0 Å². The Kier molecular flexibility index (Phi) is 7.34. The van der Waals surface area contributed by atoms with Crippen molar-refractivity contribution in [3.8, 4) is 67.5 Å². The van der Waals surface area contributed by atoms with E-state index in [1.807, 2.05) is 47.7 Å². The molecule has 0 saturated carbocycles. The van der Waals surface area contributed by atoms with Crippen LogP contribution in [0.3, 0.4) is 0 Å². The lowest BCUT2D eigenvalue weighted by molar-refractivity contribution is 1.07. The molecular formula is C45H29N3S. The summed E-state index contributed by atoms with van der Waals surface area (Å²) < 4.78 is 2.63. The average molecular weight is 644 g/mol. The van der Waals surface area contributed by atoms with E-state index < -0.39 is 0 Å². The first-order valence-corrected chi connectivity index (χ1v) is 17.2. The topological polar surface area (TPSA) is 38.7 Å². The highest BCUT2D eigenvalue weighted by molar-refractivity contribution is 7.25. The molecule has 0 unspecified atom stereocenters. The van der Waals surface area contributed by atoms with Gasteiger partial charge in [0.2, 0.25) is 0 Å². The van der Waals surface area contributed by atoms with E-state index in [1.165, 1.54) is 36.9 Å². The fourth-order valence-corrected chi connectivity index (χ4v) is 7.56. The van der Waals surface area contributed by atoms with Crippen molar-refractivity contribution < 1.29 is 0 Å². The van der Waals surface area contributed by atoms with Crippen molar-refractivity contribution in [2.24, 2.45) is 0 Å². The minimum Gasteiger partial charge on any atom is -0.208 e. The van der Waals surface area contributed by atoms with Crippen LogP contribution in [0.5, 0.6) is 0 Å². The molecule has 0 radical (unpaired) electrons. The smallest absolute Gasteiger partial charge is 0.164 e. The van der Waals surface area contributed by atoms with Gasteiger partial charge >= 0.3 is 0 Å². The van der Waals surface area contributed by atoms with E-state index in [0.717, 1.165) is 33.4 Å². The molecule has 9 aromatic rings. The molecule has 4 heteroatoms. The molecule has 0 aliphatic rings. The maximum Gasteiger partial charge on any atom is 0.164 e. The Morgan fingerprint density at radius 3 is 1.35 bits per heavy atom. The molecule has 0 amide bonds. The number of aromatic nitrogens is 3. The second-order valence-corrected chi connectivity index (χ2v) is 13.2. The summed E-state index contributed by atoms with van der Waals surface area (Å²) in [6.45, 7) is 0. The molecule has 0 aliphatic carbocycles. The van der Waals surface area contributed by atoms with Crippen LogP contribution in [0.15, 0.2) is 176 Å². The number of hydrogen-bond donors (Lipinski definition) is 0. The summed E-state index contributed by atoms with van der Waals surface area (Å²) in [5.41, 5.74) is 9.82. The Morgan fingerprint density at radius 1 is 0.265 bits per heavy atom. The van der Waals surface area contributed by atoms with Crippen LogP contribution in [0, 0.1) is 0 Å². The summed E-state index contributed by atoms with van der Waals surface area (Å²) >= 11 is 1.85. The zero-order chi connectivity index (χ0) is 32.6. The second kappa shape index (κ2) is 12.4. The largest absolute Gasteiger partial charge is 0.208 e. The van der Waals surface area contributed by atoms with E-state index in [0.29, 0.717) is 17.5 Å². The van der Waals surface area contributed by atoms with E-state index in [2.05, 4.69) is 140 Å². The molecule has 0 bridgehead atoms. The zero-order valence-corrected chi connectivity index (χ0v) is 27.3. The Morgan fingerprint density at radius 2 is 0.673 bits per heavy atom. The van der Waals surface area contributed by atoms with Crippen molar-refractivity contribution in [2.45, 2.75) is 0 Å². The lowest BCUT2D eigenvalue weighted by atomic mass is 9.97. The Hall–Kier alpha value is -6.23. The minimum absolute atomic E-state index is 0.643. The summed E-state index contributed by atoms with van der Waals surface area (Å²) in [6, 6.07) is 61.7. The van der Waals surface area contributed by atoms with Crippen LogP contribution in [-0.4, -0.2) is 15.0 Å². The summed E-state index contributed by atoms with van der Waals surface area (Å²) in [5, 5.41) is 2.63. The van der Waals surface area contributed by atoms with Crippen molar-refractivity contribution >= 4 is 31.5 Å². The first-order valence-electron chi connectivity index (χ1n) is 16.4. The van der Waals surface area contributed by atoms with Gasteiger partial charge in [-0.1, -0.05) is 152 Å². The molecule has 230 valence electrons. The van der Waals surface area contributed by atoms with E-state index in [4.69, 9.17) is 15.0 Å². The third-order valence-corrected chi connectivity index (χ3v) is 10.1. The molecule has 3 nitrogen and oxygen atoms in total. The lowest BCUT2D eigenvalue weighted by Crippen LogP contribution is -2.00. The fraction of sp³-hybridized carbons (Fsp3) is 0. The van der Waals surface area contributed by atoms with Gasteiger partial charge in [-0.15, -0.1) is 11.3 Å². The molecular weight excluding hydrogens is 615 g/mol. The third-order valence-electron chi connectivity index (χ3n) is 8.95. The molecule has 0 saturated heterocycles. The van der Waals surface area contributed by atoms with E-state index in [-0.39, 0.29) is 0 Å². The monoisotopic (exact) mass is 643 g/mol. The van der Waals surface area contributed by atoms with Crippen LogP contribution in [0.2, 0.25) is 0 Å². The summed E-state index contributed by atoms with van der Waals surface area (Å²) in [6.07, 6.45) is 0. The molecule has 2 aromatic heterocycles. The SMILES string of the molecule is c1ccc(-c2ccc(-c3nc(-c4ccccc4)nc(-c4cccc(-c5cccc(-c6ccc7c(c6)sc6ccccc67)c5)c4)n3)cc2)cc1. The average Bonchev–Trinajstić information content (AvgIpc) is 3.57. The fourth-order valence-electron chi connectivity index (χ4n) is 6.41. The predicted octanol–water partition coefficient (Wildman–Crippen LogP) is 12.2. The van der Waals surface area contributed by atoms with Crippen LogP contribution in [0.4, 0.5) is 0 Å². The number of fused-ring (bicyclic) bond motifs is 3. The summed E-state index contributed by atoms with van der Waals surface area (Å²) in [7, 11) is 0. The van der Waals surface area contributed by atoms with Crippen molar-refractivity contribution in [3.63, 3.8) is 0 Å². The predicted molar refractivity (Wildman–Crippen MR) is 205 cm³/mol. The number of hydrogen-bond acceptors (Lipinski definition) is 4. The van der Waals surface area contributed by atoms with Crippen molar-refractivity contribution in [3.05, 3.63) is 176 Å². The van der Waals surface area contributed by atoms with Gasteiger partial charge in [-0.05, 0) is 57.6 Å². The van der Waals surface area contributed by atoms with Crippen LogP contribution < -0.4 is 0 Å². The summed E-state index contributed by atoms with van der Waals surface area (Å²) in [4.78, 5) is 15.0. The number of benzene rings is 7. The number of thiophene rings is 1. The second-order valence-electron chi connectivity index (χ2n) is 12.1. The van der Waals surface area contributed by atoms with E-state index in [9.17, 15) is 0 Å². The maximum absolute atomic E-state index is 5.03. The minimum atomic E-state index is 0.643. The summed E-state index contributed by atoms with van der Waals surface area (Å²) in [5.74, 6) is 1.94. The van der Waals surface area contributed by atoms with Gasteiger partial charge in [0, 0.05) is 36.9 Å². The van der Waals surface area contributed by atoms with Gasteiger partial charge in [0.05, 0.1) is 0 Å². The Balaban J connectivity index is 1.09. The van der Waals surface area contributed by atoms with Crippen LogP contribution in [-0.2, 0) is 0 Å². The highest BCUT2D eigenvalue weighted by Gasteiger charge is 2.14. The molecule has 7 aromatic carbocycles. The van der Waals surface area contributed by atoms with Crippen molar-refractivity contribution in [1.29, 1.82) is 0 Å². The standard InChI is InChI=1S/C45H29N3S/c1-3-11-30(12-4-1)31-21-23-33(24-22-31)44-46-43(32-13-5-2-6-14-32)47-45(48-44)38-18-10-17-36(28-38)34-15-9-16-35(27-34)37-25-26-40-39-19-7-8-20-41(39)49-42(40)29-37/h1-29H. The quantitative estimate of drug-likeness (QED) is 0.181. The number of rotatable bonds is 6. The van der Waals surface area contributed by atoms with Gasteiger partial charge in [-0.25, -0.2) is 15.0 Å². The van der Waals surface area contributed by atoms with Crippen LogP contribution in [0.25, 0.3) is 87.7 Å². The Labute approximate surface area is 288 Å². The zero-order valence-electron chi connectivity index (χ0n) is 26.5. The van der Waals surface area contributed by atoms with Crippen molar-refractivity contribution in [1.82, 2.24) is 15.0 Å². The molecule has 0 N–H and O–H groups in total. The highest BCUT2D eigenvalue weighted by Crippen LogP contribution is 2.37. The lowest BCUT2D eigenvalue weighted by Gasteiger charge is -2.11. The van der Waals surface area contributed by atoms with Gasteiger partial charge in [-0.3, -0.25) is 0 Å².